The lowest BCUT2D eigenvalue weighted by molar-refractivity contribution is 0.315. The smallest absolute Gasteiger partial charge is 0.417 e. The summed E-state index contributed by atoms with van der Waals surface area (Å²) >= 11 is 0. The van der Waals surface area contributed by atoms with Gasteiger partial charge >= 0.3 is 8.60 Å². The van der Waals surface area contributed by atoms with E-state index in [1.807, 2.05) is 0 Å². The molecule has 0 spiro atoms. The average Bonchev–Trinajstić information content (AvgIpc) is 2.61. The van der Waals surface area contributed by atoms with Crippen LogP contribution < -0.4 is 9.05 Å². The number of rotatable bonds is 5. The summed E-state index contributed by atoms with van der Waals surface area (Å²) in [7, 11) is 0.147. The highest BCUT2D eigenvalue weighted by atomic mass is 31.2. The Balaban J connectivity index is 2.20. The van der Waals surface area contributed by atoms with Crippen molar-refractivity contribution in [3.8, 4) is 11.5 Å². The van der Waals surface area contributed by atoms with E-state index < -0.39 is 8.60 Å². The maximum absolute atomic E-state index is 6.43. The molecule has 0 aromatic heterocycles. The molecular formula is C27H39O3P. The summed E-state index contributed by atoms with van der Waals surface area (Å²) in [6.07, 6.45) is 2.93. The van der Waals surface area contributed by atoms with Crippen LogP contribution in [0.25, 0.3) is 0 Å². The van der Waals surface area contributed by atoms with E-state index in [2.05, 4.69) is 79.7 Å². The minimum atomic E-state index is -1.52. The fourth-order valence-electron chi connectivity index (χ4n) is 4.37. The zero-order chi connectivity index (χ0) is 22.9. The molecule has 0 amide bonds. The topological polar surface area (TPSA) is 27.7 Å². The third kappa shape index (κ3) is 5.82. The summed E-state index contributed by atoms with van der Waals surface area (Å²) in [5.41, 5.74) is 7.55. The molecule has 3 nitrogen and oxygen atoms in total. The van der Waals surface area contributed by atoms with Crippen LogP contribution in [0.5, 0.6) is 11.5 Å². The van der Waals surface area contributed by atoms with Crippen LogP contribution in [0.1, 0.15) is 81.8 Å². The molecule has 0 fully saturated rings. The predicted molar refractivity (Wildman–Crippen MR) is 131 cm³/mol. The number of fused-ring (bicyclic) bond motifs is 2. The first kappa shape index (κ1) is 24.1. The van der Waals surface area contributed by atoms with E-state index in [9.17, 15) is 0 Å². The molecule has 1 aliphatic heterocycles. The summed E-state index contributed by atoms with van der Waals surface area (Å²) < 4.78 is 18.4. The number of aryl methyl sites for hydroxylation is 1. The lowest BCUT2D eigenvalue weighted by Gasteiger charge is -2.30. The molecule has 1 unspecified atom stereocenters. The Kier molecular flexibility index (Phi) is 7.39. The molecular weight excluding hydrogens is 403 g/mol. The van der Waals surface area contributed by atoms with Gasteiger partial charge in [0.2, 0.25) is 0 Å². The van der Waals surface area contributed by atoms with Crippen molar-refractivity contribution < 1.29 is 13.6 Å². The van der Waals surface area contributed by atoms with Gasteiger partial charge in [-0.25, -0.2) is 0 Å². The van der Waals surface area contributed by atoms with E-state index in [0.717, 1.165) is 36.3 Å². The highest BCUT2D eigenvalue weighted by molar-refractivity contribution is 7.42. The van der Waals surface area contributed by atoms with Gasteiger partial charge in [0.1, 0.15) is 11.5 Å². The van der Waals surface area contributed by atoms with Crippen molar-refractivity contribution in [1.82, 2.24) is 0 Å². The molecule has 1 aliphatic rings. The minimum absolute atomic E-state index is 0.0384. The Hall–Kier alpha value is -1.57. The van der Waals surface area contributed by atoms with Crippen molar-refractivity contribution in [2.45, 2.75) is 80.1 Å². The summed E-state index contributed by atoms with van der Waals surface area (Å²) in [4.78, 5) is 0. The van der Waals surface area contributed by atoms with E-state index >= 15 is 0 Å². The molecule has 3 rings (SSSR count). The van der Waals surface area contributed by atoms with Gasteiger partial charge in [0.15, 0.2) is 0 Å². The Morgan fingerprint density at radius 2 is 1.39 bits per heavy atom. The van der Waals surface area contributed by atoms with Crippen molar-refractivity contribution in [1.29, 1.82) is 0 Å². The molecule has 31 heavy (non-hydrogen) atoms. The molecule has 4 heteroatoms. The van der Waals surface area contributed by atoms with Gasteiger partial charge in [-0.05, 0) is 64.8 Å². The molecule has 2 aromatic carbocycles. The van der Waals surface area contributed by atoms with Crippen molar-refractivity contribution in [2.24, 2.45) is 11.8 Å². The molecule has 2 aromatic rings. The van der Waals surface area contributed by atoms with Crippen LogP contribution in [0.2, 0.25) is 0 Å². The summed E-state index contributed by atoms with van der Waals surface area (Å²) in [5, 5.41) is 0. The highest BCUT2D eigenvalue weighted by Crippen LogP contribution is 2.50. The maximum atomic E-state index is 6.43. The van der Waals surface area contributed by atoms with E-state index in [0.29, 0.717) is 11.8 Å². The van der Waals surface area contributed by atoms with Crippen LogP contribution in [-0.2, 0) is 29.2 Å². The molecule has 0 saturated carbocycles. The highest BCUT2D eigenvalue weighted by Gasteiger charge is 2.30. The van der Waals surface area contributed by atoms with Gasteiger partial charge in [-0.15, -0.1) is 0 Å². The Labute approximate surface area is 190 Å². The van der Waals surface area contributed by atoms with Crippen molar-refractivity contribution in [2.75, 3.05) is 7.11 Å². The number of hydrogen-bond acceptors (Lipinski definition) is 3. The van der Waals surface area contributed by atoms with Crippen LogP contribution in [0.15, 0.2) is 24.3 Å². The van der Waals surface area contributed by atoms with Crippen LogP contribution in [0.3, 0.4) is 0 Å². The molecule has 0 radical (unpaired) electrons. The lowest BCUT2D eigenvalue weighted by Crippen LogP contribution is -2.17. The first-order chi connectivity index (χ1) is 14.5. The second-order valence-corrected chi connectivity index (χ2v) is 11.9. The number of benzene rings is 2. The third-order valence-corrected chi connectivity index (χ3v) is 6.56. The van der Waals surface area contributed by atoms with E-state index in [1.54, 1.807) is 7.11 Å². The van der Waals surface area contributed by atoms with Gasteiger partial charge < -0.3 is 9.05 Å². The molecule has 0 bridgehead atoms. The molecule has 0 saturated heterocycles. The SMILES string of the molecule is COP1Oc2c(C)cc(CC(C)C)cc2Cc2cc(CC(C)C)cc(C(C)(C)C)c2O1. The van der Waals surface area contributed by atoms with Crippen molar-refractivity contribution >= 4 is 8.60 Å². The molecule has 0 N–H and O–H groups in total. The summed E-state index contributed by atoms with van der Waals surface area (Å²) in [6, 6.07) is 9.24. The number of hydrogen-bond donors (Lipinski definition) is 0. The largest absolute Gasteiger partial charge is 0.462 e. The second kappa shape index (κ2) is 9.51. The van der Waals surface area contributed by atoms with Gasteiger partial charge in [-0.1, -0.05) is 72.7 Å². The molecule has 1 atom stereocenters. The normalized spacial score (nSPS) is 16.3. The standard InChI is InChI=1S/C27H39O3P/c1-17(2)10-20-12-19(5)25-22(13-20)16-23-14-21(11-18(3)4)15-24(27(6,7)8)26(23)30-31(28-9)29-25/h12-15,17-18H,10-11,16H2,1-9H3. The predicted octanol–water partition coefficient (Wildman–Crippen LogP) is 7.92. The van der Waals surface area contributed by atoms with E-state index in [1.165, 1.54) is 27.8 Å². The fraction of sp³-hybridized carbons (Fsp3) is 0.556. The van der Waals surface area contributed by atoms with Gasteiger partial charge in [0.25, 0.3) is 0 Å². The maximum Gasteiger partial charge on any atom is 0.462 e. The minimum Gasteiger partial charge on any atom is -0.417 e. The molecule has 1 heterocycles. The molecule has 0 aliphatic carbocycles. The quantitative estimate of drug-likeness (QED) is 0.440. The van der Waals surface area contributed by atoms with Gasteiger partial charge in [0, 0.05) is 19.1 Å². The Bertz CT molecular complexity index is 925. The molecule has 170 valence electrons. The fourth-order valence-corrected chi connectivity index (χ4v) is 5.33. The van der Waals surface area contributed by atoms with Gasteiger partial charge in [-0.2, -0.15) is 0 Å². The van der Waals surface area contributed by atoms with Crippen LogP contribution in [0, 0.1) is 18.8 Å². The van der Waals surface area contributed by atoms with E-state index in [4.69, 9.17) is 13.6 Å². The van der Waals surface area contributed by atoms with Gasteiger partial charge in [0.05, 0.1) is 0 Å². The van der Waals surface area contributed by atoms with E-state index in [-0.39, 0.29) is 5.41 Å². The first-order valence-electron chi connectivity index (χ1n) is 11.5. The Morgan fingerprint density at radius 1 is 0.871 bits per heavy atom. The first-order valence-corrected chi connectivity index (χ1v) is 12.6. The van der Waals surface area contributed by atoms with Gasteiger partial charge in [-0.3, -0.25) is 4.52 Å². The Morgan fingerprint density at radius 3 is 1.90 bits per heavy atom. The second-order valence-electron chi connectivity index (χ2n) is 10.7. The average molecular weight is 443 g/mol. The van der Waals surface area contributed by atoms with Crippen molar-refractivity contribution in [3.05, 3.63) is 57.6 Å². The van der Waals surface area contributed by atoms with Crippen LogP contribution in [0.4, 0.5) is 0 Å². The van der Waals surface area contributed by atoms with Crippen molar-refractivity contribution in [3.63, 3.8) is 0 Å². The van der Waals surface area contributed by atoms with Crippen LogP contribution in [-0.4, -0.2) is 7.11 Å². The zero-order valence-electron chi connectivity index (χ0n) is 20.8. The summed E-state index contributed by atoms with van der Waals surface area (Å²) in [6.45, 7) is 18.0. The zero-order valence-corrected chi connectivity index (χ0v) is 21.7. The van der Waals surface area contributed by atoms with Crippen LogP contribution >= 0.6 is 8.60 Å². The summed E-state index contributed by atoms with van der Waals surface area (Å²) in [5.74, 6) is 3.07. The monoisotopic (exact) mass is 442 g/mol. The third-order valence-electron chi connectivity index (χ3n) is 5.59. The lowest BCUT2D eigenvalue weighted by atomic mass is 9.82.